The molecule has 7 heteroatoms. The van der Waals surface area contributed by atoms with Crippen molar-refractivity contribution in [3.05, 3.63) is 12.3 Å². The zero-order chi connectivity index (χ0) is 15.0. The number of anilines is 1. The lowest BCUT2D eigenvalue weighted by Gasteiger charge is -2.11. The van der Waals surface area contributed by atoms with Crippen LogP contribution in [0.1, 0.15) is 19.8 Å². The van der Waals surface area contributed by atoms with Gasteiger partial charge in [0.05, 0.1) is 12.6 Å². The van der Waals surface area contributed by atoms with Gasteiger partial charge in [-0.05, 0) is 20.5 Å². The molecule has 0 radical (unpaired) electrons. The highest BCUT2D eigenvalue weighted by atomic mass is 16.3. The van der Waals surface area contributed by atoms with Gasteiger partial charge < -0.3 is 15.3 Å². The van der Waals surface area contributed by atoms with Gasteiger partial charge in [-0.25, -0.2) is 4.79 Å². The van der Waals surface area contributed by atoms with Gasteiger partial charge >= 0.3 is 6.03 Å². The molecule has 1 unspecified atom stereocenters. The van der Waals surface area contributed by atoms with Crippen molar-refractivity contribution in [2.24, 2.45) is 0 Å². The lowest BCUT2D eigenvalue weighted by Crippen LogP contribution is -2.35. The van der Waals surface area contributed by atoms with Crippen LogP contribution < -0.4 is 10.6 Å². The molecule has 20 heavy (non-hydrogen) atoms. The third-order valence-corrected chi connectivity index (χ3v) is 2.78. The van der Waals surface area contributed by atoms with E-state index in [1.165, 1.54) is 0 Å². The summed E-state index contributed by atoms with van der Waals surface area (Å²) in [5.74, 6) is 0.506. The molecule has 3 N–H and O–H groups in total. The Labute approximate surface area is 120 Å². The van der Waals surface area contributed by atoms with Gasteiger partial charge in [-0.1, -0.05) is 13.3 Å². The fourth-order valence-corrected chi connectivity index (χ4v) is 1.66. The van der Waals surface area contributed by atoms with E-state index in [0.29, 0.717) is 12.2 Å². The number of carbonyl (C=O) groups is 1. The Balaban J connectivity index is 2.31. The summed E-state index contributed by atoms with van der Waals surface area (Å²) in [6.45, 7) is 3.90. The minimum absolute atomic E-state index is 0.251. The predicted molar refractivity (Wildman–Crippen MR) is 78.7 cm³/mol. The number of nitrogens with one attached hydrogen (secondary N) is 2. The lowest BCUT2D eigenvalue weighted by molar-refractivity contribution is 0.162. The number of nitrogens with zero attached hydrogens (tertiary/aromatic N) is 3. The second kappa shape index (κ2) is 8.55. The van der Waals surface area contributed by atoms with Crippen molar-refractivity contribution in [3.8, 4) is 0 Å². The van der Waals surface area contributed by atoms with Crippen LogP contribution in [0.15, 0.2) is 12.3 Å². The topological polar surface area (TPSA) is 82.4 Å². The number of rotatable bonds is 8. The van der Waals surface area contributed by atoms with Gasteiger partial charge in [-0.3, -0.25) is 10.00 Å². The Hall–Kier alpha value is -1.60. The molecule has 0 aromatic carbocycles. The number of hydrogen-bond acceptors (Lipinski definition) is 4. The number of carbonyl (C=O) groups excluding carboxylic acids is 1. The van der Waals surface area contributed by atoms with E-state index in [1.54, 1.807) is 10.7 Å². The highest BCUT2D eigenvalue weighted by Gasteiger charge is 2.07. The van der Waals surface area contributed by atoms with Gasteiger partial charge in [0.2, 0.25) is 0 Å². The summed E-state index contributed by atoms with van der Waals surface area (Å²) in [6.07, 6.45) is 2.90. The van der Waals surface area contributed by atoms with Crippen molar-refractivity contribution in [2.75, 3.05) is 32.5 Å². The van der Waals surface area contributed by atoms with Crippen molar-refractivity contribution >= 4 is 11.8 Å². The summed E-state index contributed by atoms with van der Waals surface area (Å²) in [6, 6.07) is 1.40. The van der Waals surface area contributed by atoms with Crippen molar-refractivity contribution < 1.29 is 9.90 Å². The smallest absolute Gasteiger partial charge is 0.320 e. The SMILES string of the molecule is CCCC(O)CNC(=O)Nc1ccn(CCN(C)C)n1. The van der Waals surface area contributed by atoms with E-state index in [-0.39, 0.29) is 12.6 Å². The molecule has 0 aliphatic carbocycles. The van der Waals surface area contributed by atoms with Gasteiger partial charge in [0, 0.05) is 25.4 Å². The molecule has 114 valence electrons. The highest BCUT2D eigenvalue weighted by molar-refractivity contribution is 5.88. The number of likely N-dealkylation sites (N-methyl/N-ethyl adjacent to an activating group) is 1. The van der Waals surface area contributed by atoms with E-state index in [9.17, 15) is 9.90 Å². The van der Waals surface area contributed by atoms with Crippen molar-refractivity contribution in [1.29, 1.82) is 0 Å². The second-order valence-electron chi connectivity index (χ2n) is 5.04. The Bertz CT molecular complexity index is 405. The fraction of sp³-hybridized carbons (Fsp3) is 0.692. The average Bonchev–Trinajstić information content (AvgIpc) is 2.82. The average molecular weight is 283 g/mol. The standard InChI is InChI=1S/C13H25N5O2/c1-4-5-11(19)10-14-13(20)15-12-6-7-18(16-12)9-8-17(2)3/h6-7,11,19H,4-5,8-10H2,1-3H3,(H2,14,15,16,20). The van der Waals surface area contributed by atoms with E-state index < -0.39 is 6.10 Å². The Morgan fingerprint density at radius 3 is 2.95 bits per heavy atom. The maximum atomic E-state index is 11.6. The van der Waals surface area contributed by atoms with Crippen LogP contribution in [0.25, 0.3) is 0 Å². The summed E-state index contributed by atoms with van der Waals surface area (Å²) in [7, 11) is 4.00. The summed E-state index contributed by atoms with van der Waals surface area (Å²) >= 11 is 0. The highest BCUT2D eigenvalue weighted by Crippen LogP contribution is 2.02. The summed E-state index contributed by atoms with van der Waals surface area (Å²) < 4.78 is 1.78. The van der Waals surface area contributed by atoms with E-state index in [1.807, 2.05) is 27.2 Å². The zero-order valence-corrected chi connectivity index (χ0v) is 12.5. The largest absolute Gasteiger partial charge is 0.391 e. The number of amides is 2. The van der Waals surface area contributed by atoms with Crippen LogP contribution in [0.4, 0.5) is 10.6 Å². The Morgan fingerprint density at radius 2 is 2.30 bits per heavy atom. The summed E-state index contributed by atoms with van der Waals surface area (Å²) in [5.41, 5.74) is 0. The summed E-state index contributed by atoms with van der Waals surface area (Å²) in [5, 5.41) is 19.0. The zero-order valence-electron chi connectivity index (χ0n) is 12.5. The maximum absolute atomic E-state index is 11.6. The van der Waals surface area contributed by atoms with E-state index in [4.69, 9.17) is 0 Å². The van der Waals surface area contributed by atoms with Crippen LogP contribution in [0.5, 0.6) is 0 Å². The molecule has 1 aromatic heterocycles. The number of aliphatic hydroxyl groups excluding tert-OH is 1. The number of urea groups is 1. The first kappa shape index (κ1) is 16.5. The minimum Gasteiger partial charge on any atom is -0.391 e. The molecule has 0 aliphatic rings. The molecule has 0 aliphatic heterocycles. The molecule has 1 heterocycles. The van der Waals surface area contributed by atoms with E-state index in [2.05, 4.69) is 20.6 Å². The Kier molecular flexibility index (Phi) is 7.03. The Morgan fingerprint density at radius 1 is 1.55 bits per heavy atom. The van der Waals surface area contributed by atoms with Gasteiger partial charge in [0.15, 0.2) is 5.82 Å². The number of aromatic nitrogens is 2. The monoisotopic (exact) mass is 283 g/mol. The molecule has 0 bridgehead atoms. The number of hydrogen-bond donors (Lipinski definition) is 3. The predicted octanol–water partition coefficient (Wildman–Crippen LogP) is 0.727. The van der Waals surface area contributed by atoms with Crippen molar-refractivity contribution in [1.82, 2.24) is 20.0 Å². The third-order valence-electron chi connectivity index (χ3n) is 2.78. The third kappa shape index (κ3) is 6.53. The summed E-state index contributed by atoms with van der Waals surface area (Å²) in [4.78, 5) is 13.7. The maximum Gasteiger partial charge on any atom is 0.320 e. The molecule has 1 rings (SSSR count). The molecule has 1 atom stereocenters. The molecule has 2 amide bonds. The number of aliphatic hydroxyl groups is 1. The van der Waals surface area contributed by atoms with Gasteiger partial charge in [0.25, 0.3) is 0 Å². The quantitative estimate of drug-likeness (QED) is 0.657. The van der Waals surface area contributed by atoms with Crippen LogP contribution in [0, 0.1) is 0 Å². The van der Waals surface area contributed by atoms with Gasteiger partial charge in [0.1, 0.15) is 0 Å². The molecular formula is C13H25N5O2. The molecule has 1 aromatic rings. The van der Waals surface area contributed by atoms with Crippen molar-refractivity contribution in [3.63, 3.8) is 0 Å². The molecule has 0 saturated heterocycles. The van der Waals surface area contributed by atoms with Crippen molar-refractivity contribution in [2.45, 2.75) is 32.4 Å². The van der Waals surface area contributed by atoms with Crippen LogP contribution in [0.2, 0.25) is 0 Å². The van der Waals surface area contributed by atoms with E-state index >= 15 is 0 Å². The van der Waals surface area contributed by atoms with Crippen LogP contribution >= 0.6 is 0 Å². The fourth-order valence-electron chi connectivity index (χ4n) is 1.66. The van der Waals surface area contributed by atoms with Crippen LogP contribution in [-0.4, -0.2) is 59.1 Å². The molecule has 0 saturated carbocycles. The molecule has 7 nitrogen and oxygen atoms in total. The molecule has 0 fully saturated rings. The van der Waals surface area contributed by atoms with Gasteiger partial charge in [-0.15, -0.1) is 0 Å². The first-order valence-electron chi connectivity index (χ1n) is 6.92. The van der Waals surface area contributed by atoms with Gasteiger partial charge in [-0.2, -0.15) is 5.10 Å². The van der Waals surface area contributed by atoms with Crippen LogP contribution in [0.3, 0.4) is 0 Å². The first-order valence-corrected chi connectivity index (χ1v) is 6.92. The lowest BCUT2D eigenvalue weighted by atomic mass is 10.2. The normalized spacial score (nSPS) is 12.4. The molecule has 0 spiro atoms. The second-order valence-corrected chi connectivity index (χ2v) is 5.04. The van der Waals surface area contributed by atoms with E-state index in [0.717, 1.165) is 19.5 Å². The molecular weight excluding hydrogens is 258 g/mol. The first-order chi connectivity index (χ1) is 9.51. The van der Waals surface area contributed by atoms with Crippen LogP contribution in [-0.2, 0) is 6.54 Å². The minimum atomic E-state index is -0.497.